The van der Waals surface area contributed by atoms with Crippen molar-refractivity contribution < 1.29 is 0 Å². The zero-order valence-electron chi connectivity index (χ0n) is 15.2. The van der Waals surface area contributed by atoms with E-state index in [1.165, 1.54) is 25.9 Å². The van der Waals surface area contributed by atoms with Crippen LogP contribution >= 0.6 is 22.9 Å². The Bertz CT molecular complexity index is 840. The Morgan fingerprint density at radius 1 is 1.31 bits per heavy atom. The lowest BCUT2D eigenvalue weighted by Crippen LogP contribution is -2.28. The van der Waals surface area contributed by atoms with Crippen LogP contribution < -0.4 is 4.90 Å². The summed E-state index contributed by atoms with van der Waals surface area (Å²) in [5, 5.41) is 6.59. The van der Waals surface area contributed by atoms with Crippen LogP contribution in [0.15, 0.2) is 30.5 Å². The Kier molecular flexibility index (Phi) is 5.16. The summed E-state index contributed by atoms with van der Waals surface area (Å²) in [4.78, 5) is 10.5. The standard InChI is InChI=1S/C19H24ClN5S/c1-3-9-23(2)11-14-8-10-24(12-14)19-22-25-13-17(21-18(25)26-19)15-4-6-16(20)7-5-15/h4-7,13-14H,3,8-12H2,1-2H3. The van der Waals surface area contributed by atoms with Crippen LogP contribution in [0.25, 0.3) is 16.2 Å². The second kappa shape index (κ2) is 7.55. The normalized spacial score (nSPS) is 17.7. The van der Waals surface area contributed by atoms with Crippen LogP contribution in [0.3, 0.4) is 0 Å². The molecule has 5 nitrogen and oxygen atoms in total. The number of rotatable bonds is 6. The molecule has 1 aliphatic rings. The van der Waals surface area contributed by atoms with Crippen molar-refractivity contribution in [3.05, 3.63) is 35.5 Å². The van der Waals surface area contributed by atoms with Gasteiger partial charge in [-0.25, -0.2) is 9.50 Å². The van der Waals surface area contributed by atoms with Crippen molar-refractivity contribution in [3.63, 3.8) is 0 Å². The molecule has 26 heavy (non-hydrogen) atoms. The summed E-state index contributed by atoms with van der Waals surface area (Å²) in [6.45, 7) is 6.77. The van der Waals surface area contributed by atoms with Crippen molar-refractivity contribution in [2.45, 2.75) is 19.8 Å². The summed E-state index contributed by atoms with van der Waals surface area (Å²) < 4.78 is 1.90. The Balaban J connectivity index is 1.45. The van der Waals surface area contributed by atoms with Crippen LogP contribution in [0, 0.1) is 5.92 Å². The Hall–Kier alpha value is -1.63. The maximum Gasteiger partial charge on any atom is 0.214 e. The largest absolute Gasteiger partial charge is 0.346 e. The Morgan fingerprint density at radius 3 is 2.85 bits per heavy atom. The summed E-state index contributed by atoms with van der Waals surface area (Å²) in [5.74, 6) is 0.729. The van der Waals surface area contributed by atoms with Gasteiger partial charge < -0.3 is 9.80 Å². The molecule has 0 saturated carbocycles. The molecule has 1 fully saturated rings. The van der Waals surface area contributed by atoms with Gasteiger partial charge in [-0.15, -0.1) is 5.10 Å². The van der Waals surface area contributed by atoms with E-state index >= 15 is 0 Å². The zero-order chi connectivity index (χ0) is 18.1. The van der Waals surface area contributed by atoms with E-state index in [1.54, 1.807) is 11.3 Å². The van der Waals surface area contributed by atoms with Crippen LogP contribution in [0.2, 0.25) is 5.02 Å². The van der Waals surface area contributed by atoms with E-state index in [2.05, 4.69) is 23.8 Å². The molecule has 0 bridgehead atoms. The maximum absolute atomic E-state index is 5.97. The monoisotopic (exact) mass is 389 g/mol. The van der Waals surface area contributed by atoms with Gasteiger partial charge in [0.25, 0.3) is 0 Å². The minimum absolute atomic E-state index is 0.729. The first kappa shape index (κ1) is 17.8. The van der Waals surface area contributed by atoms with Crippen LogP contribution in [-0.4, -0.2) is 52.7 Å². The van der Waals surface area contributed by atoms with Crippen LogP contribution in [0.5, 0.6) is 0 Å². The van der Waals surface area contributed by atoms with E-state index in [9.17, 15) is 0 Å². The van der Waals surface area contributed by atoms with E-state index in [0.717, 1.165) is 45.4 Å². The summed E-state index contributed by atoms with van der Waals surface area (Å²) in [7, 11) is 2.22. The summed E-state index contributed by atoms with van der Waals surface area (Å²) >= 11 is 7.64. The molecule has 0 aliphatic carbocycles. The molecule has 0 amide bonds. The SMILES string of the molecule is CCCN(C)CC1CCN(c2nn3cc(-c4ccc(Cl)cc4)nc3s2)C1. The molecule has 138 valence electrons. The third-order valence-corrected chi connectivity index (χ3v) is 6.14. The predicted molar refractivity (Wildman–Crippen MR) is 109 cm³/mol. The smallest absolute Gasteiger partial charge is 0.214 e. The highest BCUT2D eigenvalue weighted by atomic mass is 35.5. The number of nitrogens with zero attached hydrogens (tertiary/aromatic N) is 5. The van der Waals surface area contributed by atoms with Gasteiger partial charge in [-0.05, 0) is 44.5 Å². The molecule has 0 radical (unpaired) electrons. The summed E-state index contributed by atoms with van der Waals surface area (Å²) in [6, 6.07) is 7.77. The van der Waals surface area contributed by atoms with Gasteiger partial charge in [0, 0.05) is 30.2 Å². The predicted octanol–water partition coefficient (Wildman–Crippen LogP) is 4.28. The second-order valence-electron chi connectivity index (χ2n) is 7.11. The number of benzene rings is 1. The van der Waals surface area contributed by atoms with Crippen molar-refractivity contribution in [1.29, 1.82) is 0 Å². The van der Waals surface area contributed by atoms with E-state index in [0.29, 0.717) is 0 Å². The zero-order valence-corrected chi connectivity index (χ0v) is 16.8. The highest BCUT2D eigenvalue weighted by molar-refractivity contribution is 7.20. The first-order valence-electron chi connectivity index (χ1n) is 9.18. The number of halogens is 1. The molecule has 0 N–H and O–H groups in total. The molecule has 3 heterocycles. The third kappa shape index (κ3) is 3.72. The number of anilines is 1. The Morgan fingerprint density at radius 2 is 2.12 bits per heavy atom. The fraction of sp³-hybridized carbons (Fsp3) is 0.474. The lowest BCUT2D eigenvalue weighted by atomic mass is 10.1. The highest BCUT2D eigenvalue weighted by Crippen LogP contribution is 2.30. The molecular formula is C19H24ClN5S. The lowest BCUT2D eigenvalue weighted by molar-refractivity contribution is 0.287. The average molecular weight is 390 g/mol. The molecule has 4 rings (SSSR count). The Labute approximate surface area is 163 Å². The van der Waals surface area contributed by atoms with Crippen LogP contribution in [-0.2, 0) is 0 Å². The van der Waals surface area contributed by atoms with Crippen LogP contribution in [0.4, 0.5) is 5.13 Å². The number of hydrogen-bond donors (Lipinski definition) is 0. The van der Waals surface area contributed by atoms with E-state index in [-0.39, 0.29) is 0 Å². The van der Waals surface area contributed by atoms with Crippen LogP contribution in [0.1, 0.15) is 19.8 Å². The molecule has 0 spiro atoms. The molecular weight excluding hydrogens is 366 g/mol. The molecule has 1 atom stereocenters. The number of imidazole rings is 1. The third-order valence-electron chi connectivity index (χ3n) is 4.90. The second-order valence-corrected chi connectivity index (χ2v) is 8.48. The topological polar surface area (TPSA) is 36.7 Å². The van der Waals surface area contributed by atoms with Gasteiger partial charge in [0.15, 0.2) is 0 Å². The van der Waals surface area contributed by atoms with Crippen molar-refractivity contribution in [3.8, 4) is 11.3 Å². The number of hydrogen-bond acceptors (Lipinski definition) is 5. The first-order valence-corrected chi connectivity index (χ1v) is 10.4. The van der Waals surface area contributed by atoms with Gasteiger partial charge in [-0.3, -0.25) is 0 Å². The van der Waals surface area contributed by atoms with Crippen molar-refractivity contribution >= 4 is 33.0 Å². The lowest BCUT2D eigenvalue weighted by Gasteiger charge is -2.20. The van der Waals surface area contributed by atoms with Crippen molar-refractivity contribution in [1.82, 2.24) is 19.5 Å². The number of aromatic nitrogens is 3. The van der Waals surface area contributed by atoms with Crippen molar-refractivity contribution in [2.24, 2.45) is 5.92 Å². The molecule has 7 heteroatoms. The minimum atomic E-state index is 0.729. The highest BCUT2D eigenvalue weighted by Gasteiger charge is 2.26. The van der Waals surface area contributed by atoms with Gasteiger partial charge in [-0.2, -0.15) is 0 Å². The van der Waals surface area contributed by atoms with Gasteiger partial charge in [0.2, 0.25) is 10.1 Å². The first-order chi connectivity index (χ1) is 12.6. The quantitative estimate of drug-likeness (QED) is 0.630. The van der Waals surface area contributed by atoms with Gasteiger partial charge >= 0.3 is 0 Å². The molecule has 1 saturated heterocycles. The molecule has 2 aromatic heterocycles. The van der Waals surface area contributed by atoms with E-state index < -0.39 is 0 Å². The van der Waals surface area contributed by atoms with Gasteiger partial charge in [-0.1, -0.05) is 42.0 Å². The summed E-state index contributed by atoms with van der Waals surface area (Å²) in [6.07, 6.45) is 4.46. The number of fused-ring (bicyclic) bond motifs is 1. The maximum atomic E-state index is 5.97. The minimum Gasteiger partial charge on any atom is -0.346 e. The van der Waals surface area contributed by atoms with E-state index in [1.807, 2.05) is 35.0 Å². The fourth-order valence-electron chi connectivity index (χ4n) is 3.65. The molecule has 3 aromatic rings. The summed E-state index contributed by atoms with van der Waals surface area (Å²) in [5.41, 5.74) is 2.00. The van der Waals surface area contributed by atoms with E-state index in [4.69, 9.17) is 21.7 Å². The van der Waals surface area contributed by atoms with Gasteiger partial charge in [0.1, 0.15) is 0 Å². The molecule has 1 aromatic carbocycles. The van der Waals surface area contributed by atoms with Gasteiger partial charge in [0.05, 0.1) is 11.9 Å². The average Bonchev–Trinajstić information content (AvgIpc) is 3.29. The fourth-order valence-corrected chi connectivity index (χ4v) is 4.69. The molecule has 1 aliphatic heterocycles. The molecule has 1 unspecified atom stereocenters. The van der Waals surface area contributed by atoms with Crippen molar-refractivity contribution in [2.75, 3.05) is 38.1 Å².